The highest BCUT2D eigenvalue weighted by Gasteiger charge is 2.26. The number of amides is 1. The molecule has 0 bridgehead atoms. The summed E-state index contributed by atoms with van der Waals surface area (Å²) in [5.41, 5.74) is 0.431. The smallest absolute Gasteiger partial charge is 0.257 e. The molecule has 1 aromatic heterocycles. The lowest BCUT2D eigenvalue weighted by Gasteiger charge is -2.26. The average molecular weight is 566 g/mol. The maximum atomic E-state index is 13.0. The standard InChI is InChI=1S/C24H25ClN4O6S2/c25-19-4-9-23(27-36(31,32)17-14-28-10-2-1-3-11-28)22(18-19)24(30)26-20-5-7-21(8-6-20)37(33,34)29-12-15-35-16-13-29/h1-11,18H,12-17H2,(H-,26,27,30)/p+1. The molecule has 2 aromatic carbocycles. The van der Waals surface area contributed by atoms with Gasteiger partial charge in [0.25, 0.3) is 5.91 Å². The molecular weight excluding hydrogens is 540 g/mol. The minimum absolute atomic E-state index is 0.0217. The fraction of sp³-hybridized carbons (Fsp3) is 0.250. The molecule has 1 fully saturated rings. The number of hydrogen-bond donors (Lipinski definition) is 2. The summed E-state index contributed by atoms with van der Waals surface area (Å²) in [4.78, 5) is 13.1. The van der Waals surface area contributed by atoms with Crippen LogP contribution in [0.15, 0.2) is 78.0 Å². The third kappa shape index (κ3) is 7.05. The van der Waals surface area contributed by atoms with Crippen LogP contribution in [0.1, 0.15) is 10.4 Å². The highest BCUT2D eigenvalue weighted by atomic mass is 35.5. The number of hydrogen-bond acceptors (Lipinski definition) is 6. The number of ether oxygens (including phenoxy) is 1. The number of nitrogens with zero attached hydrogens (tertiary/aromatic N) is 2. The van der Waals surface area contributed by atoms with Gasteiger partial charge in [0, 0.05) is 35.9 Å². The van der Waals surface area contributed by atoms with Gasteiger partial charge in [0.05, 0.1) is 29.4 Å². The molecule has 1 saturated heterocycles. The van der Waals surface area contributed by atoms with Crippen molar-refractivity contribution in [3.63, 3.8) is 0 Å². The highest BCUT2D eigenvalue weighted by molar-refractivity contribution is 7.92. The summed E-state index contributed by atoms with van der Waals surface area (Å²) in [7, 11) is -7.45. The summed E-state index contributed by atoms with van der Waals surface area (Å²) in [6.07, 6.45) is 3.52. The Balaban J connectivity index is 1.47. The maximum absolute atomic E-state index is 13.0. The SMILES string of the molecule is O=C(Nc1ccc(S(=O)(=O)N2CCOCC2)cc1)c1cc(Cl)ccc1NS(=O)(=O)CC[n+]1ccccc1. The maximum Gasteiger partial charge on any atom is 0.257 e. The number of benzene rings is 2. The van der Waals surface area contributed by atoms with E-state index in [0.717, 1.165) is 0 Å². The number of morpholine rings is 1. The second-order valence-electron chi connectivity index (χ2n) is 8.22. The van der Waals surface area contributed by atoms with E-state index in [-0.39, 0.29) is 46.6 Å². The third-order valence-corrected chi connectivity index (χ3v) is 9.01. The lowest BCUT2D eigenvalue weighted by atomic mass is 10.1. The van der Waals surface area contributed by atoms with Crippen LogP contribution in [-0.4, -0.2) is 59.1 Å². The van der Waals surface area contributed by atoms with Crippen LogP contribution in [0.3, 0.4) is 0 Å². The molecule has 1 aliphatic heterocycles. The molecular formula is C24H26ClN4O6S2+. The van der Waals surface area contributed by atoms with Gasteiger partial charge in [-0.15, -0.1) is 0 Å². The van der Waals surface area contributed by atoms with E-state index in [1.165, 1.54) is 46.8 Å². The van der Waals surface area contributed by atoms with Gasteiger partial charge in [-0.2, -0.15) is 4.31 Å². The molecule has 0 saturated carbocycles. The van der Waals surface area contributed by atoms with Gasteiger partial charge in [-0.25, -0.2) is 21.4 Å². The zero-order chi connectivity index (χ0) is 26.5. The van der Waals surface area contributed by atoms with E-state index in [2.05, 4.69) is 10.0 Å². The van der Waals surface area contributed by atoms with E-state index in [0.29, 0.717) is 18.9 Å². The molecule has 0 unspecified atom stereocenters. The van der Waals surface area contributed by atoms with Gasteiger partial charge in [0.2, 0.25) is 20.0 Å². The minimum atomic E-state index is -3.78. The molecule has 37 heavy (non-hydrogen) atoms. The van der Waals surface area contributed by atoms with Crippen molar-refractivity contribution in [3.8, 4) is 0 Å². The van der Waals surface area contributed by atoms with E-state index < -0.39 is 26.0 Å². The largest absolute Gasteiger partial charge is 0.379 e. The van der Waals surface area contributed by atoms with Crippen LogP contribution in [-0.2, 0) is 31.3 Å². The molecule has 0 aliphatic carbocycles. The Morgan fingerprint density at radius 1 is 0.973 bits per heavy atom. The number of anilines is 2. The first-order valence-electron chi connectivity index (χ1n) is 11.4. The Hall–Kier alpha value is -3.03. The van der Waals surface area contributed by atoms with Crippen molar-refractivity contribution >= 4 is 48.9 Å². The fourth-order valence-corrected chi connectivity index (χ4v) is 6.31. The van der Waals surface area contributed by atoms with Crippen LogP contribution in [0.5, 0.6) is 0 Å². The van der Waals surface area contributed by atoms with Gasteiger partial charge in [0.15, 0.2) is 18.9 Å². The first-order valence-corrected chi connectivity index (χ1v) is 14.8. The number of aryl methyl sites for hydroxylation is 1. The number of carbonyl (C=O) groups is 1. The first-order chi connectivity index (χ1) is 17.6. The fourth-order valence-electron chi connectivity index (χ4n) is 3.67. The zero-order valence-electron chi connectivity index (χ0n) is 19.7. The Morgan fingerprint density at radius 3 is 2.32 bits per heavy atom. The van der Waals surface area contributed by atoms with Crippen molar-refractivity contribution in [2.45, 2.75) is 11.4 Å². The number of sulfonamides is 2. The van der Waals surface area contributed by atoms with Crippen molar-refractivity contribution in [2.75, 3.05) is 42.1 Å². The second-order valence-corrected chi connectivity index (χ2v) is 12.4. The zero-order valence-corrected chi connectivity index (χ0v) is 22.1. The normalized spacial score (nSPS) is 14.7. The predicted molar refractivity (Wildman–Crippen MR) is 139 cm³/mol. The molecule has 1 amide bonds. The molecule has 2 heterocycles. The van der Waals surface area contributed by atoms with Gasteiger partial charge >= 0.3 is 0 Å². The summed E-state index contributed by atoms with van der Waals surface area (Å²) < 4.78 is 61.8. The summed E-state index contributed by atoms with van der Waals surface area (Å²) in [5.74, 6) is -0.814. The van der Waals surface area contributed by atoms with Gasteiger partial charge in [0.1, 0.15) is 5.75 Å². The molecule has 4 rings (SSSR count). The Morgan fingerprint density at radius 2 is 1.65 bits per heavy atom. The van der Waals surface area contributed by atoms with E-state index in [1.54, 1.807) is 29.1 Å². The molecule has 0 radical (unpaired) electrons. The molecule has 0 atom stereocenters. The van der Waals surface area contributed by atoms with Gasteiger partial charge in [-0.05, 0) is 42.5 Å². The van der Waals surface area contributed by atoms with Crippen LogP contribution < -0.4 is 14.6 Å². The van der Waals surface area contributed by atoms with E-state index in [4.69, 9.17) is 16.3 Å². The molecule has 196 valence electrons. The summed E-state index contributed by atoms with van der Waals surface area (Å²) in [6.45, 7) is 1.45. The lowest BCUT2D eigenvalue weighted by Crippen LogP contribution is -2.40. The summed E-state index contributed by atoms with van der Waals surface area (Å²) >= 11 is 6.08. The minimum Gasteiger partial charge on any atom is -0.379 e. The van der Waals surface area contributed by atoms with Crippen LogP contribution in [0.2, 0.25) is 5.02 Å². The van der Waals surface area contributed by atoms with Crippen molar-refractivity contribution in [3.05, 3.63) is 83.6 Å². The summed E-state index contributed by atoms with van der Waals surface area (Å²) in [6, 6.07) is 15.4. The van der Waals surface area contributed by atoms with Gasteiger partial charge in [-0.1, -0.05) is 17.7 Å². The molecule has 10 nitrogen and oxygen atoms in total. The van der Waals surface area contributed by atoms with E-state index in [9.17, 15) is 21.6 Å². The molecule has 3 aromatic rings. The molecule has 13 heteroatoms. The monoisotopic (exact) mass is 565 g/mol. The van der Waals surface area contributed by atoms with Crippen molar-refractivity contribution < 1.29 is 30.9 Å². The predicted octanol–water partition coefficient (Wildman–Crippen LogP) is 2.34. The quantitative estimate of drug-likeness (QED) is 0.384. The summed E-state index contributed by atoms with van der Waals surface area (Å²) in [5, 5.41) is 2.91. The Labute approximate surface area is 220 Å². The highest BCUT2D eigenvalue weighted by Crippen LogP contribution is 2.24. The Kier molecular flexibility index (Phi) is 8.45. The van der Waals surface area contributed by atoms with Crippen molar-refractivity contribution in [1.29, 1.82) is 0 Å². The van der Waals surface area contributed by atoms with E-state index >= 15 is 0 Å². The molecule has 1 aliphatic rings. The van der Waals surface area contributed by atoms with E-state index in [1.807, 2.05) is 6.07 Å². The number of carbonyl (C=O) groups excluding carboxylic acids is 1. The van der Waals surface area contributed by atoms with Crippen molar-refractivity contribution in [1.82, 2.24) is 4.31 Å². The van der Waals surface area contributed by atoms with Gasteiger partial charge < -0.3 is 10.1 Å². The second kappa shape index (κ2) is 11.6. The number of pyridine rings is 1. The van der Waals surface area contributed by atoms with Crippen LogP contribution >= 0.6 is 11.6 Å². The van der Waals surface area contributed by atoms with Crippen LogP contribution in [0.25, 0.3) is 0 Å². The number of nitrogens with one attached hydrogen (secondary N) is 2. The molecule has 0 spiro atoms. The van der Waals surface area contributed by atoms with Crippen molar-refractivity contribution in [2.24, 2.45) is 0 Å². The first kappa shape index (κ1) is 27.0. The van der Waals surface area contributed by atoms with Crippen LogP contribution in [0, 0.1) is 0 Å². The number of halogens is 1. The third-order valence-electron chi connectivity index (χ3n) is 5.61. The number of aromatic nitrogens is 1. The topological polar surface area (TPSA) is 126 Å². The van der Waals surface area contributed by atoms with Gasteiger partial charge in [-0.3, -0.25) is 9.52 Å². The number of rotatable bonds is 9. The Bertz CT molecular complexity index is 1460. The van der Waals surface area contributed by atoms with Crippen LogP contribution in [0.4, 0.5) is 11.4 Å². The average Bonchev–Trinajstić information content (AvgIpc) is 2.90. The lowest BCUT2D eigenvalue weighted by molar-refractivity contribution is -0.692. The molecule has 2 N–H and O–H groups in total.